The van der Waals surface area contributed by atoms with E-state index in [0.29, 0.717) is 6.42 Å². The number of benzene rings is 3. The Balaban J connectivity index is 1.17. The molecule has 0 aliphatic carbocycles. The van der Waals surface area contributed by atoms with Crippen molar-refractivity contribution < 1.29 is 4.79 Å². The third-order valence-electron chi connectivity index (χ3n) is 5.88. The van der Waals surface area contributed by atoms with E-state index in [1.165, 1.54) is 21.9 Å². The predicted molar refractivity (Wildman–Crippen MR) is 123 cm³/mol. The van der Waals surface area contributed by atoms with Gasteiger partial charge in [0.05, 0.1) is 18.1 Å². The van der Waals surface area contributed by atoms with E-state index in [9.17, 15) is 4.79 Å². The second-order valence-electron chi connectivity index (χ2n) is 8.28. The average molecular weight is 411 g/mol. The number of imidazole rings is 1. The van der Waals surface area contributed by atoms with Gasteiger partial charge in [-0.05, 0) is 28.3 Å². The zero-order chi connectivity index (χ0) is 21.0. The number of nitrogens with zero attached hydrogens (tertiary/aromatic N) is 2. The van der Waals surface area contributed by atoms with Gasteiger partial charge in [-0.25, -0.2) is 4.98 Å². The van der Waals surface area contributed by atoms with Crippen molar-refractivity contribution in [2.45, 2.75) is 31.5 Å². The number of hydrogen-bond donors (Lipinski definition) is 2. The summed E-state index contributed by atoms with van der Waals surface area (Å²) in [7, 11) is 0. The lowest BCUT2D eigenvalue weighted by Crippen LogP contribution is -2.59. The van der Waals surface area contributed by atoms with E-state index in [4.69, 9.17) is 0 Å². The predicted octanol–water partition coefficient (Wildman–Crippen LogP) is 3.33. The van der Waals surface area contributed by atoms with Gasteiger partial charge >= 0.3 is 0 Å². The number of piperazine rings is 1. The normalized spacial score (nSPS) is 18.8. The number of carbonyl (C=O) groups is 1. The van der Waals surface area contributed by atoms with E-state index >= 15 is 0 Å². The Kier molecular flexibility index (Phi) is 5.50. The van der Waals surface area contributed by atoms with E-state index in [1.807, 2.05) is 30.7 Å². The molecule has 1 amide bonds. The molecule has 2 atom stereocenters. The van der Waals surface area contributed by atoms with Crippen LogP contribution in [0.15, 0.2) is 85.3 Å². The van der Waals surface area contributed by atoms with Gasteiger partial charge in [-0.3, -0.25) is 4.79 Å². The van der Waals surface area contributed by atoms with Crippen LogP contribution < -0.4 is 10.6 Å². The number of fused-ring (bicyclic) bond motifs is 1. The first-order chi connectivity index (χ1) is 15.2. The van der Waals surface area contributed by atoms with Gasteiger partial charge in [0.25, 0.3) is 0 Å². The quantitative estimate of drug-likeness (QED) is 0.513. The fourth-order valence-electron chi connectivity index (χ4n) is 4.27. The van der Waals surface area contributed by atoms with Gasteiger partial charge in [0, 0.05) is 31.7 Å². The summed E-state index contributed by atoms with van der Waals surface area (Å²) in [5.41, 5.74) is 3.40. The van der Waals surface area contributed by atoms with Crippen molar-refractivity contribution in [3.05, 3.63) is 102 Å². The van der Waals surface area contributed by atoms with E-state index in [0.717, 1.165) is 25.2 Å². The molecule has 1 aliphatic heterocycles. The first-order valence-corrected chi connectivity index (χ1v) is 10.8. The summed E-state index contributed by atoms with van der Waals surface area (Å²) in [5, 5.41) is 9.09. The lowest BCUT2D eigenvalue weighted by molar-refractivity contribution is -0.125. The van der Waals surface area contributed by atoms with Crippen LogP contribution in [0.4, 0.5) is 0 Å². The molecule has 1 aliphatic rings. The van der Waals surface area contributed by atoms with Gasteiger partial charge in [-0.1, -0.05) is 72.8 Å². The van der Waals surface area contributed by atoms with Crippen molar-refractivity contribution in [2.24, 2.45) is 0 Å². The number of rotatable bonds is 6. The summed E-state index contributed by atoms with van der Waals surface area (Å²) in [5.74, 6) is 0.0506. The van der Waals surface area contributed by atoms with Gasteiger partial charge in [0.2, 0.25) is 5.91 Å². The minimum absolute atomic E-state index is 0.0506. The lowest BCUT2D eigenvalue weighted by Gasteiger charge is -2.30. The van der Waals surface area contributed by atoms with Crippen molar-refractivity contribution in [3.63, 3.8) is 0 Å². The number of hydrogen-bond acceptors (Lipinski definition) is 3. The van der Waals surface area contributed by atoms with Gasteiger partial charge in [0.15, 0.2) is 0 Å². The van der Waals surface area contributed by atoms with E-state index in [-0.39, 0.29) is 18.0 Å². The Labute approximate surface area is 182 Å². The van der Waals surface area contributed by atoms with Crippen LogP contribution in [0.3, 0.4) is 0 Å². The molecule has 0 spiro atoms. The second kappa shape index (κ2) is 8.74. The summed E-state index contributed by atoms with van der Waals surface area (Å²) in [6.45, 7) is 1.54. The molecular weight excluding hydrogens is 384 g/mol. The molecular formula is C26H26N4O. The fraction of sp³-hybridized carbons (Fsp3) is 0.231. The zero-order valence-electron chi connectivity index (χ0n) is 17.4. The van der Waals surface area contributed by atoms with Crippen LogP contribution in [-0.2, 0) is 24.2 Å². The highest BCUT2D eigenvalue weighted by Gasteiger charge is 2.28. The third kappa shape index (κ3) is 4.67. The molecule has 3 aromatic carbocycles. The van der Waals surface area contributed by atoms with Crippen LogP contribution >= 0.6 is 0 Å². The van der Waals surface area contributed by atoms with Crippen LogP contribution in [0.5, 0.6) is 0 Å². The van der Waals surface area contributed by atoms with Gasteiger partial charge in [-0.15, -0.1) is 0 Å². The Morgan fingerprint density at radius 3 is 2.55 bits per heavy atom. The number of aromatic nitrogens is 2. The highest BCUT2D eigenvalue weighted by Crippen LogP contribution is 2.17. The number of carbonyl (C=O) groups excluding carboxylic acids is 1. The van der Waals surface area contributed by atoms with Crippen LogP contribution in [0.1, 0.15) is 16.8 Å². The maximum absolute atomic E-state index is 12.7. The Morgan fingerprint density at radius 1 is 0.903 bits per heavy atom. The highest BCUT2D eigenvalue weighted by molar-refractivity contribution is 5.84. The molecule has 2 heterocycles. The van der Waals surface area contributed by atoms with E-state index < -0.39 is 0 Å². The molecule has 0 radical (unpaired) electrons. The molecule has 5 rings (SSSR count). The number of nitrogens with one attached hydrogen (secondary N) is 2. The summed E-state index contributed by atoms with van der Waals surface area (Å²) in [4.78, 5) is 17.2. The Bertz CT molecular complexity index is 1180. The molecule has 5 heteroatoms. The average Bonchev–Trinajstić information content (AvgIpc) is 3.23. The molecule has 1 fully saturated rings. The van der Waals surface area contributed by atoms with Gasteiger partial charge < -0.3 is 15.2 Å². The van der Waals surface area contributed by atoms with E-state index in [2.05, 4.69) is 74.8 Å². The van der Waals surface area contributed by atoms with Crippen LogP contribution in [0, 0.1) is 0 Å². The number of amides is 1. The van der Waals surface area contributed by atoms with Crippen molar-refractivity contribution >= 4 is 16.7 Å². The van der Waals surface area contributed by atoms with Crippen molar-refractivity contribution in [3.8, 4) is 0 Å². The standard InChI is InChI=1S/C26H26N4O/c31-26-25(14-24-17-30(18-28-24)16-19-6-2-1-3-7-19)27-15-23(29-26)13-20-10-11-21-8-4-5-9-22(21)12-20/h1-12,17-18,23,25,27H,13-16H2,(H,29,31). The summed E-state index contributed by atoms with van der Waals surface area (Å²) < 4.78 is 2.06. The molecule has 0 saturated carbocycles. The second-order valence-corrected chi connectivity index (χ2v) is 8.28. The van der Waals surface area contributed by atoms with Gasteiger partial charge in [-0.2, -0.15) is 0 Å². The van der Waals surface area contributed by atoms with Gasteiger partial charge in [0.1, 0.15) is 0 Å². The molecule has 1 aromatic heterocycles. The molecule has 2 unspecified atom stereocenters. The SMILES string of the molecule is O=C1NC(Cc2ccc3ccccc3c2)CNC1Cc1cn(Cc2ccccc2)cn1. The molecule has 0 bridgehead atoms. The fourth-order valence-corrected chi connectivity index (χ4v) is 4.27. The Morgan fingerprint density at radius 2 is 1.71 bits per heavy atom. The van der Waals surface area contributed by atoms with Crippen LogP contribution in [-0.4, -0.2) is 34.1 Å². The van der Waals surface area contributed by atoms with Crippen molar-refractivity contribution in [2.75, 3.05) is 6.54 Å². The maximum atomic E-state index is 12.7. The molecule has 156 valence electrons. The first-order valence-electron chi connectivity index (χ1n) is 10.8. The van der Waals surface area contributed by atoms with Crippen LogP contribution in [0.2, 0.25) is 0 Å². The lowest BCUT2D eigenvalue weighted by atomic mass is 9.99. The molecule has 4 aromatic rings. The summed E-state index contributed by atoms with van der Waals surface area (Å²) in [6, 6.07) is 25.0. The molecule has 2 N–H and O–H groups in total. The topological polar surface area (TPSA) is 59.0 Å². The van der Waals surface area contributed by atoms with Crippen molar-refractivity contribution in [1.82, 2.24) is 20.2 Å². The zero-order valence-corrected chi connectivity index (χ0v) is 17.4. The maximum Gasteiger partial charge on any atom is 0.237 e. The smallest absolute Gasteiger partial charge is 0.237 e. The molecule has 1 saturated heterocycles. The Hall–Kier alpha value is -3.44. The minimum atomic E-state index is -0.243. The van der Waals surface area contributed by atoms with Crippen LogP contribution in [0.25, 0.3) is 10.8 Å². The first kappa shape index (κ1) is 19.5. The highest BCUT2D eigenvalue weighted by atomic mass is 16.2. The molecule has 5 nitrogen and oxygen atoms in total. The third-order valence-corrected chi connectivity index (χ3v) is 5.88. The molecule has 31 heavy (non-hydrogen) atoms. The van der Waals surface area contributed by atoms with E-state index in [1.54, 1.807) is 0 Å². The summed E-state index contributed by atoms with van der Waals surface area (Å²) in [6.07, 6.45) is 5.28. The minimum Gasteiger partial charge on any atom is -0.350 e. The van der Waals surface area contributed by atoms with Crippen molar-refractivity contribution in [1.29, 1.82) is 0 Å². The monoisotopic (exact) mass is 410 g/mol. The summed E-state index contributed by atoms with van der Waals surface area (Å²) >= 11 is 0. The largest absolute Gasteiger partial charge is 0.350 e.